The van der Waals surface area contributed by atoms with Gasteiger partial charge in [-0.05, 0) is 70.4 Å². The lowest BCUT2D eigenvalue weighted by atomic mass is 9.96. The third-order valence-electron chi connectivity index (χ3n) is 5.73. The molecule has 1 aliphatic carbocycles. The van der Waals surface area contributed by atoms with Gasteiger partial charge in [0.2, 0.25) is 5.91 Å². The monoisotopic (exact) mass is 454 g/mol. The molecule has 0 aromatic heterocycles. The van der Waals surface area contributed by atoms with Crippen molar-refractivity contribution in [3.63, 3.8) is 0 Å². The zero-order valence-corrected chi connectivity index (χ0v) is 19.1. The van der Waals surface area contributed by atoms with Gasteiger partial charge in [-0.25, -0.2) is 4.79 Å². The SMILES string of the molecule is CN(C)CCCN(Cc1ccc(Cl)c(Cl)c1)C(=O)CN1C(=O)NC(C)(C2CC2)C1=O. The van der Waals surface area contributed by atoms with E-state index >= 15 is 0 Å². The number of carbonyl (C=O) groups is 3. The van der Waals surface area contributed by atoms with Gasteiger partial charge in [-0.15, -0.1) is 0 Å². The van der Waals surface area contributed by atoms with Gasteiger partial charge < -0.3 is 15.1 Å². The molecule has 4 amide bonds. The molecule has 0 spiro atoms. The summed E-state index contributed by atoms with van der Waals surface area (Å²) in [7, 11) is 3.94. The molecule has 1 heterocycles. The van der Waals surface area contributed by atoms with Crippen LogP contribution in [0.2, 0.25) is 10.0 Å². The molecule has 1 atom stereocenters. The van der Waals surface area contributed by atoms with E-state index in [9.17, 15) is 14.4 Å². The molecule has 2 fully saturated rings. The molecule has 1 aromatic carbocycles. The lowest BCUT2D eigenvalue weighted by molar-refractivity contribution is -0.139. The molecule has 3 rings (SSSR count). The minimum absolute atomic E-state index is 0.154. The van der Waals surface area contributed by atoms with Crippen LogP contribution in [0.5, 0.6) is 0 Å². The van der Waals surface area contributed by atoms with Crippen LogP contribution in [0, 0.1) is 5.92 Å². The normalized spacial score (nSPS) is 21.3. The topological polar surface area (TPSA) is 73.0 Å². The van der Waals surface area contributed by atoms with Gasteiger partial charge in [-0.1, -0.05) is 29.3 Å². The Morgan fingerprint density at radius 1 is 1.20 bits per heavy atom. The molecule has 1 saturated heterocycles. The molecule has 1 aliphatic heterocycles. The molecule has 1 aromatic rings. The fraction of sp³-hybridized carbons (Fsp3) is 0.571. The highest BCUT2D eigenvalue weighted by molar-refractivity contribution is 6.42. The molecule has 7 nitrogen and oxygen atoms in total. The number of nitrogens with one attached hydrogen (secondary N) is 1. The summed E-state index contributed by atoms with van der Waals surface area (Å²) >= 11 is 12.1. The van der Waals surface area contributed by atoms with E-state index < -0.39 is 11.6 Å². The van der Waals surface area contributed by atoms with Crippen molar-refractivity contribution in [1.29, 1.82) is 0 Å². The average molecular weight is 455 g/mol. The number of benzene rings is 1. The van der Waals surface area contributed by atoms with Gasteiger partial charge in [-0.2, -0.15) is 0 Å². The smallest absolute Gasteiger partial charge is 0.325 e. The van der Waals surface area contributed by atoms with Crippen LogP contribution in [0.25, 0.3) is 0 Å². The van der Waals surface area contributed by atoms with Gasteiger partial charge in [0.05, 0.1) is 10.0 Å². The van der Waals surface area contributed by atoms with Crippen LogP contribution in [0.4, 0.5) is 4.79 Å². The number of carbonyl (C=O) groups excluding carboxylic acids is 3. The Balaban J connectivity index is 1.71. The van der Waals surface area contributed by atoms with Gasteiger partial charge in [-0.3, -0.25) is 14.5 Å². The minimum Gasteiger partial charge on any atom is -0.337 e. The molecule has 30 heavy (non-hydrogen) atoms. The van der Waals surface area contributed by atoms with E-state index in [0.29, 0.717) is 23.1 Å². The fourth-order valence-corrected chi connectivity index (χ4v) is 4.08. The minimum atomic E-state index is -0.892. The lowest BCUT2D eigenvalue weighted by Crippen LogP contribution is -2.47. The zero-order valence-electron chi connectivity index (χ0n) is 17.6. The standard InChI is InChI=1S/C21H28Cl2N4O3/c1-21(15-6-7-15)19(29)27(20(30)24-21)13-18(28)26(10-4-9-25(2)3)12-14-5-8-16(22)17(23)11-14/h5,8,11,15H,4,6-7,9-10,12-13H2,1-3H3,(H,24,30). The Morgan fingerprint density at radius 2 is 1.90 bits per heavy atom. The maximum Gasteiger partial charge on any atom is 0.325 e. The third-order valence-corrected chi connectivity index (χ3v) is 6.47. The van der Waals surface area contributed by atoms with E-state index in [1.54, 1.807) is 24.0 Å². The van der Waals surface area contributed by atoms with Crippen LogP contribution in [0.1, 0.15) is 31.7 Å². The quantitative estimate of drug-likeness (QED) is 0.582. The summed E-state index contributed by atoms with van der Waals surface area (Å²) in [6.45, 7) is 3.12. The van der Waals surface area contributed by atoms with E-state index in [1.165, 1.54) is 0 Å². The molecule has 2 aliphatic rings. The molecule has 0 bridgehead atoms. The Morgan fingerprint density at radius 3 is 2.50 bits per heavy atom. The predicted molar refractivity (Wildman–Crippen MR) is 116 cm³/mol. The van der Waals surface area contributed by atoms with Crippen LogP contribution in [-0.2, 0) is 16.1 Å². The summed E-state index contributed by atoms with van der Waals surface area (Å²) in [6.07, 6.45) is 2.59. The van der Waals surface area contributed by atoms with Crippen LogP contribution < -0.4 is 5.32 Å². The number of imide groups is 1. The molecular formula is C21H28Cl2N4O3. The van der Waals surface area contributed by atoms with Gasteiger partial charge in [0.25, 0.3) is 5.91 Å². The van der Waals surface area contributed by atoms with Crippen molar-refractivity contribution in [2.75, 3.05) is 33.7 Å². The summed E-state index contributed by atoms with van der Waals surface area (Å²) in [5.74, 6) is -0.434. The number of halogens is 2. The van der Waals surface area contributed by atoms with E-state index in [1.807, 2.05) is 25.1 Å². The summed E-state index contributed by atoms with van der Waals surface area (Å²) in [5, 5.41) is 3.65. The second kappa shape index (κ2) is 9.12. The first-order chi connectivity index (χ1) is 14.1. The van der Waals surface area contributed by atoms with Gasteiger partial charge in [0.1, 0.15) is 12.1 Å². The first kappa shape index (κ1) is 22.8. The van der Waals surface area contributed by atoms with Crippen molar-refractivity contribution < 1.29 is 14.4 Å². The lowest BCUT2D eigenvalue weighted by Gasteiger charge is -2.26. The highest BCUT2D eigenvalue weighted by Crippen LogP contribution is 2.42. The Labute approximate surface area is 187 Å². The predicted octanol–water partition coefficient (Wildman–Crippen LogP) is 2.99. The maximum absolute atomic E-state index is 13.1. The van der Waals surface area contributed by atoms with Crippen molar-refractivity contribution >= 4 is 41.0 Å². The number of nitrogens with zero attached hydrogens (tertiary/aromatic N) is 3. The second-order valence-corrected chi connectivity index (χ2v) is 9.33. The largest absolute Gasteiger partial charge is 0.337 e. The highest BCUT2D eigenvalue weighted by atomic mass is 35.5. The maximum atomic E-state index is 13.1. The van der Waals surface area contributed by atoms with Crippen molar-refractivity contribution in [2.45, 2.75) is 38.3 Å². The van der Waals surface area contributed by atoms with Crippen molar-refractivity contribution in [1.82, 2.24) is 20.0 Å². The molecule has 164 valence electrons. The van der Waals surface area contributed by atoms with Crippen LogP contribution in [0.3, 0.4) is 0 Å². The van der Waals surface area contributed by atoms with Crippen LogP contribution in [-0.4, -0.2) is 71.8 Å². The number of rotatable bonds is 9. The molecule has 0 radical (unpaired) electrons. The first-order valence-electron chi connectivity index (χ1n) is 10.1. The zero-order chi connectivity index (χ0) is 22.1. The second-order valence-electron chi connectivity index (χ2n) is 8.52. The molecule has 9 heteroatoms. The van der Waals surface area contributed by atoms with E-state index in [-0.39, 0.29) is 24.3 Å². The molecule has 1 saturated carbocycles. The van der Waals surface area contributed by atoms with Gasteiger partial charge in [0, 0.05) is 13.1 Å². The summed E-state index contributed by atoms with van der Waals surface area (Å²) in [4.78, 5) is 43.1. The van der Waals surface area contributed by atoms with E-state index in [0.717, 1.165) is 36.3 Å². The van der Waals surface area contributed by atoms with Crippen molar-refractivity contribution in [3.05, 3.63) is 33.8 Å². The Bertz CT molecular complexity index is 844. The van der Waals surface area contributed by atoms with E-state index in [2.05, 4.69) is 5.32 Å². The first-order valence-corrected chi connectivity index (χ1v) is 10.9. The Hall–Kier alpha value is -1.83. The van der Waals surface area contributed by atoms with Crippen molar-refractivity contribution in [2.24, 2.45) is 5.92 Å². The highest BCUT2D eigenvalue weighted by Gasteiger charge is 2.56. The molecule has 1 N–H and O–H groups in total. The molecule has 1 unspecified atom stereocenters. The van der Waals surface area contributed by atoms with Crippen molar-refractivity contribution in [3.8, 4) is 0 Å². The van der Waals surface area contributed by atoms with Gasteiger partial charge in [0.15, 0.2) is 0 Å². The Kier molecular flexibility index (Phi) is 6.95. The van der Waals surface area contributed by atoms with Gasteiger partial charge >= 0.3 is 6.03 Å². The van der Waals surface area contributed by atoms with Crippen LogP contribution >= 0.6 is 23.2 Å². The number of hydrogen-bond acceptors (Lipinski definition) is 4. The third kappa shape index (κ3) is 5.07. The molecular weight excluding hydrogens is 427 g/mol. The summed E-state index contributed by atoms with van der Waals surface area (Å²) < 4.78 is 0. The van der Waals surface area contributed by atoms with Crippen LogP contribution in [0.15, 0.2) is 18.2 Å². The average Bonchev–Trinajstić information content (AvgIpc) is 3.49. The van der Waals surface area contributed by atoms with E-state index in [4.69, 9.17) is 23.2 Å². The summed E-state index contributed by atoms with van der Waals surface area (Å²) in [5.41, 5.74) is -0.0563. The fourth-order valence-electron chi connectivity index (χ4n) is 3.76. The number of urea groups is 1. The number of hydrogen-bond donors (Lipinski definition) is 1. The summed E-state index contributed by atoms with van der Waals surface area (Å²) in [6, 6.07) is 4.75. The number of amides is 4.